The van der Waals surface area contributed by atoms with Crippen LogP contribution in [0.3, 0.4) is 0 Å². The number of benzene rings is 1. The van der Waals surface area contributed by atoms with Crippen molar-refractivity contribution in [3.63, 3.8) is 0 Å². The third-order valence-electron chi connectivity index (χ3n) is 4.22. The molecule has 3 rings (SSSR count). The van der Waals surface area contributed by atoms with Crippen molar-refractivity contribution >= 4 is 31.9 Å². The lowest BCUT2D eigenvalue weighted by Crippen LogP contribution is -2.50. The molecular formula is C13H18N4O3S2. The van der Waals surface area contributed by atoms with Crippen LogP contribution in [0.1, 0.15) is 19.3 Å². The van der Waals surface area contributed by atoms with Crippen molar-refractivity contribution in [3.05, 3.63) is 18.2 Å². The Kier molecular flexibility index (Phi) is 3.82. The zero-order valence-electron chi connectivity index (χ0n) is 12.4. The van der Waals surface area contributed by atoms with Crippen LogP contribution in [0.15, 0.2) is 23.1 Å². The minimum atomic E-state index is -3.72. The summed E-state index contributed by atoms with van der Waals surface area (Å²) in [5.41, 5.74) is 0.876. The topological polar surface area (TPSA) is 94.0 Å². The minimum Gasteiger partial charge on any atom is -0.259 e. The van der Waals surface area contributed by atoms with Gasteiger partial charge in [0.1, 0.15) is 15.9 Å². The number of hydrogen-bond donors (Lipinski definition) is 1. The van der Waals surface area contributed by atoms with Gasteiger partial charge in [-0.3, -0.25) is 4.21 Å². The Morgan fingerprint density at radius 2 is 2.09 bits per heavy atom. The van der Waals surface area contributed by atoms with Crippen molar-refractivity contribution in [3.8, 4) is 0 Å². The number of aryl methyl sites for hydroxylation is 1. The molecule has 0 radical (unpaired) electrons. The van der Waals surface area contributed by atoms with Crippen LogP contribution in [0, 0.1) is 0 Å². The summed E-state index contributed by atoms with van der Waals surface area (Å²) < 4.78 is 39.2. The van der Waals surface area contributed by atoms with Gasteiger partial charge in [-0.15, -0.1) is 0 Å². The molecule has 1 atom stereocenters. The molecule has 1 heterocycles. The van der Waals surface area contributed by atoms with Gasteiger partial charge >= 0.3 is 0 Å². The summed E-state index contributed by atoms with van der Waals surface area (Å²) in [7, 11) is -3.13. The van der Waals surface area contributed by atoms with Crippen LogP contribution < -0.4 is 4.72 Å². The van der Waals surface area contributed by atoms with Crippen molar-refractivity contribution in [1.82, 2.24) is 19.7 Å². The fourth-order valence-electron chi connectivity index (χ4n) is 2.67. The smallest absolute Gasteiger partial charge is 0.242 e. The quantitative estimate of drug-likeness (QED) is 0.856. The highest BCUT2D eigenvalue weighted by atomic mass is 32.2. The van der Waals surface area contributed by atoms with Crippen LogP contribution in [-0.2, 0) is 27.9 Å². The lowest BCUT2D eigenvalue weighted by molar-refractivity contribution is 0.351. The van der Waals surface area contributed by atoms with Crippen molar-refractivity contribution in [2.75, 3.05) is 12.8 Å². The van der Waals surface area contributed by atoms with E-state index < -0.39 is 25.6 Å². The van der Waals surface area contributed by atoms with Crippen molar-refractivity contribution in [2.45, 2.75) is 28.9 Å². The Morgan fingerprint density at radius 3 is 2.68 bits per heavy atom. The SMILES string of the molecule is Cn1nc2cccc(S(=O)(=O)NCC3(S(C)=O)CCC3)c2n1. The number of hydrogen-bond acceptors (Lipinski definition) is 5. The largest absolute Gasteiger partial charge is 0.259 e. The molecule has 1 saturated carbocycles. The van der Waals surface area contributed by atoms with E-state index in [2.05, 4.69) is 14.9 Å². The molecule has 9 heteroatoms. The lowest BCUT2D eigenvalue weighted by atomic mass is 9.84. The zero-order chi connectivity index (χ0) is 16.0. The number of rotatable bonds is 5. The molecule has 0 amide bonds. The molecule has 1 aromatic carbocycles. The highest BCUT2D eigenvalue weighted by molar-refractivity contribution is 7.90. The van der Waals surface area contributed by atoms with Gasteiger partial charge in [-0.05, 0) is 25.0 Å². The van der Waals surface area contributed by atoms with Gasteiger partial charge in [0.25, 0.3) is 0 Å². The Bertz CT molecular complexity index is 840. The maximum atomic E-state index is 12.6. The maximum Gasteiger partial charge on any atom is 0.242 e. The number of sulfonamides is 1. The number of fused-ring (bicyclic) bond motifs is 1. The maximum absolute atomic E-state index is 12.6. The molecule has 2 aromatic rings. The van der Waals surface area contributed by atoms with Gasteiger partial charge in [0.2, 0.25) is 10.0 Å². The van der Waals surface area contributed by atoms with Gasteiger partial charge in [-0.1, -0.05) is 12.5 Å². The highest BCUT2D eigenvalue weighted by Crippen LogP contribution is 2.36. The summed E-state index contributed by atoms with van der Waals surface area (Å²) in [6, 6.07) is 4.87. The van der Waals surface area contributed by atoms with E-state index in [4.69, 9.17) is 0 Å². The van der Waals surface area contributed by atoms with E-state index in [9.17, 15) is 12.6 Å². The summed E-state index contributed by atoms with van der Waals surface area (Å²) in [6.07, 6.45) is 4.19. The molecule has 1 aliphatic rings. The van der Waals surface area contributed by atoms with Crippen molar-refractivity contribution < 1.29 is 12.6 Å². The van der Waals surface area contributed by atoms with Crippen LogP contribution in [0.5, 0.6) is 0 Å². The molecule has 0 spiro atoms. The normalized spacial score (nSPS) is 19.0. The molecule has 1 unspecified atom stereocenters. The van der Waals surface area contributed by atoms with E-state index in [1.165, 1.54) is 10.9 Å². The average Bonchev–Trinajstić information content (AvgIpc) is 2.76. The van der Waals surface area contributed by atoms with E-state index in [-0.39, 0.29) is 11.4 Å². The van der Waals surface area contributed by atoms with Crippen LogP contribution in [0.25, 0.3) is 11.0 Å². The molecule has 7 nitrogen and oxygen atoms in total. The van der Waals surface area contributed by atoms with Gasteiger partial charge in [0, 0.05) is 30.6 Å². The monoisotopic (exact) mass is 342 g/mol. The van der Waals surface area contributed by atoms with Crippen LogP contribution in [0.2, 0.25) is 0 Å². The van der Waals surface area contributed by atoms with Crippen molar-refractivity contribution in [2.24, 2.45) is 7.05 Å². The second kappa shape index (κ2) is 5.39. The van der Waals surface area contributed by atoms with E-state index in [0.29, 0.717) is 11.0 Å². The Hall–Kier alpha value is -1.32. The second-order valence-corrected chi connectivity index (χ2v) is 9.14. The Labute approximate surface area is 131 Å². The predicted octanol–water partition coefficient (Wildman–Crippen LogP) is 0.548. The third-order valence-corrected chi connectivity index (χ3v) is 7.43. The second-order valence-electron chi connectivity index (χ2n) is 5.63. The molecular weight excluding hydrogens is 324 g/mol. The molecule has 1 aliphatic carbocycles. The van der Waals surface area contributed by atoms with Gasteiger partial charge < -0.3 is 0 Å². The summed E-state index contributed by atoms with van der Waals surface area (Å²) in [6.45, 7) is 0.190. The lowest BCUT2D eigenvalue weighted by Gasteiger charge is -2.39. The molecule has 1 fully saturated rings. The van der Waals surface area contributed by atoms with Gasteiger partial charge in [0.15, 0.2) is 0 Å². The molecule has 0 aliphatic heterocycles. The first kappa shape index (κ1) is 15.6. The summed E-state index contributed by atoms with van der Waals surface area (Å²) in [4.78, 5) is 1.45. The first-order valence-electron chi connectivity index (χ1n) is 6.97. The number of nitrogens with one attached hydrogen (secondary N) is 1. The van der Waals surface area contributed by atoms with Gasteiger partial charge in [0.05, 0.1) is 4.75 Å². The third kappa shape index (κ3) is 2.57. The number of nitrogens with zero attached hydrogens (tertiary/aromatic N) is 3. The standard InChI is InChI=1S/C13H18N4O3S2/c1-17-15-10-5-3-6-11(12(10)16-17)22(19,20)14-9-13(21(2)18)7-4-8-13/h3,5-6,14H,4,7-9H2,1-2H3. The summed E-state index contributed by atoms with van der Waals surface area (Å²) in [5.74, 6) is 0. The molecule has 0 saturated heterocycles. The summed E-state index contributed by atoms with van der Waals surface area (Å²) in [5, 5.41) is 8.24. The van der Waals surface area contributed by atoms with E-state index in [1.54, 1.807) is 25.4 Å². The molecule has 120 valence electrons. The molecule has 0 bridgehead atoms. The zero-order valence-corrected chi connectivity index (χ0v) is 14.1. The van der Waals surface area contributed by atoms with Crippen LogP contribution in [0.4, 0.5) is 0 Å². The Balaban J connectivity index is 1.90. The first-order chi connectivity index (χ1) is 10.3. The molecule has 22 heavy (non-hydrogen) atoms. The van der Waals surface area contributed by atoms with E-state index in [1.807, 2.05) is 0 Å². The fourth-order valence-corrected chi connectivity index (χ4v) is 5.18. The van der Waals surface area contributed by atoms with Gasteiger partial charge in [-0.2, -0.15) is 15.0 Å². The Morgan fingerprint density at radius 1 is 1.36 bits per heavy atom. The minimum absolute atomic E-state index is 0.106. The molecule has 1 N–H and O–H groups in total. The summed E-state index contributed by atoms with van der Waals surface area (Å²) >= 11 is 0. The first-order valence-corrected chi connectivity index (χ1v) is 10.0. The van der Waals surface area contributed by atoms with E-state index >= 15 is 0 Å². The highest BCUT2D eigenvalue weighted by Gasteiger charge is 2.41. The molecule has 1 aromatic heterocycles. The van der Waals surface area contributed by atoms with Crippen LogP contribution >= 0.6 is 0 Å². The predicted molar refractivity (Wildman–Crippen MR) is 84.3 cm³/mol. The van der Waals surface area contributed by atoms with E-state index in [0.717, 1.165) is 19.3 Å². The fraction of sp³-hybridized carbons (Fsp3) is 0.538. The van der Waals surface area contributed by atoms with Crippen molar-refractivity contribution in [1.29, 1.82) is 0 Å². The average molecular weight is 342 g/mol. The van der Waals surface area contributed by atoms with Crippen LogP contribution in [-0.4, -0.2) is 45.2 Å². The van der Waals surface area contributed by atoms with Gasteiger partial charge in [-0.25, -0.2) is 13.1 Å². The number of aromatic nitrogens is 3.